The van der Waals surface area contributed by atoms with Crippen molar-refractivity contribution in [2.75, 3.05) is 25.0 Å². The Kier molecular flexibility index (Phi) is 5.32. The van der Waals surface area contributed by atoms with Crippen LogP contribution in [0.3, 0.4) is 0 Å². The van der Waals surface area contributed by atoms with Gasteiger partial charge in [0.05, 0.1) is 23.5 Å². The lowest BCUT2D eigenvalue weighted by molar-refractivity contribution is 0.381. The summed E-state index contributed by atoms with van der Waals surface area (Å²) in [6, 6.07) is 16.0. The maximum atomic E-state index is 13.4. The molecule has 0 spiro atoms. The maximum absolute atomic E-state index is 13.4. The molecule has 0 atom stereocenters. The van der Waals surface area contributed by atoms with Gasteiger partial charge in [-0.05, 0) is 42.5 Å². The lowest BCUT2D eigenvalue weighted by Crippen LogP contribution is -2.36. The minimum Gasteiger partial charge on any atom is -0.374 e. The third-order valence-electron chi connectivity index (χ3n) is 6.49. The maximum Gasteiger partial charge on any atom is 0.243 e. The molecule has 0 saturated carbocycles. The second kappa shape index (κ2) is 8.13. The number of nitrogens with zero attached hydrogens (tertiary/aromatic N) is 4. The van der Waals surface area contributed by atoms with E-state index in [0.717, 1.165) is 49.4 Å². The zero-order valence-electron chi connectivity index (χ0n) is 17.9. The highest BCUT2D eigenvalue weighted by atomic mass is 32.2. The SMILES string of the molecule is CN1CCCc2ccc(S(=O)(=O)N3CCc4c(ncn4CCc4ccccc4)C3)cc21. The summed E-state index contributed by atoms with van der Waals surface area (Å²) in [5.41, 5.74) is 5.59. The molecule has 0 amide bonds. The fourth-order valence-electron chi connectivity index (χ4n) is 4.69. The first-order chi connectivity index (χ1) is 15.0. The van der Waals surface area contributed by atoms with Crippen LogP contribution in [0.1, 0.15) is 28.9 Å². The summed E-state index contributed by atoms with van der Waals surface area (Å²) >= 11 is 0. The van der Waals surface area contributed by atoms with E-state index in [1.165, 1.54) is 11.1 Å². The van der Waals surface area contributed by atoms with E-state index in [9.17, 15) is 8.42 Å². The molecule has 7 heteroatoms. The summed E-state index contributed by atoms with van der Waals surface area (Å²) in [5, 5.41) is 0. The van der Waals surface area contributed by atoms with E-state index in [4.69, 9.17) is 0 Å². The van der Waals surface area contributed by atoms with Crippen molar-refractivity contribution in [2.45, 2.75) is 43.7 Å². The number of benzene rings is 2. The standard InChI is InChI=1S/C24H28N4O2S/c1-26-13-5-8-20-9-10-21(16-24(20)26)31(29,30)28-15-12-23-22(17-28)25-18-27(23)14-11-19-6-3-2-4-7-19/h2-4,6-7,9-10,16,18H,5,8,11-15,17H2,1H3. The molecule has 5 rings (SSSR count). The van der Waals surface area contributed by atoms with Gasteiger partial charge >= 0.3 is 0 Å². The number of hydrogen-bond donors (Lipinski definition) is 0. The van der Waals surface area contributed by atoms with Crippen molar-refractivity contribution in [3.05, 3.63) is 77.4 Å². The molecule has 31 heavy (non-hydrogen) atoms. The molecule has 0 fully saturated rings. The molecule has 162 valence electrons. The van der Waals surface area contributed by atoms with Gasteiger partial charge in [0, 0.05) is 44.5 Å². The third-order valence-corrected chi connectivity index (χ3v) is 8.33. The van der Waals surface area contributed by atoms with Crippen molar-refractivity contribution in [1.29, 1.82) is 0 Å². The van der Waals surface area contributed by atoms with Crippen LogP contribution in [-0.2, 0) is 42.4 Å². The molecule has 2 aromatic carbocycles. The van der Waals surface area contributed by atoms with E-state index in [-0.39, 0.29) is 0 Å². The molecule has 0 N–H and O–H groups in total. The zero-order valence-corrected chi connectivity index (χ0v) is 18.7. The quantitative estimate of drug-likeness (QED) is 0.616. The van der Waals surface area contributed by atoms with Gasteiger partial charge < -0.3 is 9.47 Å². The van der Waals surface area contributed by atoms with Crippen molar-refractivity contribution in [2.24, 2.45) is 0 Å². The van der Waals surface area contributed by atoms with Crippen molar-refractivity contribution < 1.29 is 8.42 Å². The number of aromatic nitrogens is 2. The van der Waals surface area contributed by atoms with Gasteiger partial charge in [-0.2, -0.15) is 4.31 Å². The Morgan fingerprint density at radius 3 is 2.71 bits per heavy atom. The van der Waals surface area contributed by atoms with Crippen molar-refractivity contribution in [1.82, 2.24) is 13.9 Å². The first kappa shape index (κ1) is 20.3. The number of aryl methyl sites for hydroxylation is 3. The smallest absolute Gasteiger partial charge is 0.243 e. The number of sulfonamides is 1. The van der Waals surface area contributed by atoms with Crippen molar-refractivity contribution in [3.8, 4) is 0 Å². The first-order valence-electron chi connectivity index (χ1n) is 10.9. The normalized spacial score (nSPS) is 16.7. The Bertz CT molecular complexity index is 1190. The number of fused-ring (bicyclic) bond motifs is 2. The Morgan fingerprint density at radius 1 is 1.03 bits per heavy atom. The molecule has 3 heterocycles. The number of imidazole rings is 1. The highest BCUT2D eigenvalue weighted by Gasteiger charge is 2.31. The van der Waals surface area contributed by atoms with Gasteiger partial charge in [-0.1, -0.05) is 36.4 Å². The van der Waals surface area contributed by atoms with E-state index < -0.39 is 10.0 Å². The molecule has 2 aliphatic heterocycles. The Hall–Kier alpha value is -2.64. The molecule has 0 radical (unpaired) electrons. The second-order valence-electron chi connectivity index (χ2n) is 8.47. The average molecular weight is 437 g/mol. The lowest BCUT2D eigenvalue weighted by atomic mass is 10.0. The Labute approximate surface area is 184 Å². The highest BCUT2D eigenvalue weighted by molar-refractivity contribution is 7.89. The third kappa shape index (κ3) is 3.88. The van der Waals surface area contributed by atoms with E-state index in [1.54, 1.807) is 10.4 Å². The van der Waals surface area contributed by atoms with Crippen LogP contribution in [0.5, 0.6) is 0 Å². The molecular weight excluding hydrogens is 408 g/mol. The molecule has 0 aliphatic carbocycles. The summed E-state index contributed by atoms with van der Waals surface area (Å²) in [5.74, 6) is 0. The second-order valence-corrected chi connectivity index (χ2v) is 10.4. The van der Waals surface area contributed by atoms with Crippen LogP contribution >= 0.6 is 0 Å². The van der Waals surface area contributed by atoms with Gasteiger partial charge in [-0.25, -0.2) is 13.4 Å². The molecule has 6 nitrogen and oxygen atoms in total. The van der Waals surface area contributed by atoms with E-state index in [0.29, 0.717) is 24.4 Å². The number of rotatable bonds is 5. The average Bonchev–Trinajstić information content (AvgIpc) is 3.21. The van der Waals surface area contributed by atoms with Gasteiger partial charge in [0.1, 0.15) is 0 Å². The molecule has 3 aromatic rings. The molecule has 1 aromatic heterocycles. The van der Waals surface area contributed by atoms with Gasteiger partial charge in [0.25, 0.3) is 0 Å². The topological polar surface area (TPSA) is 58.4 Å². The van der Waals surface area contributed by atoms with Crippen LogP contribution in [0.4, 0.5) is 5.69 Å². The van der Waals surface area contributed by atoms with E-state index in [2.05, 4.69) is 38.7 Å². The largest absolute Gasteiger partial charge is 0.374 e. The fraction of sp³-hybridized carbons (Fsp3) is 0.375. The summed E-state index contributed by atoms with van der Waals surface area (Å²) in [4.78, 5) is 7.09. The first-order valence-corrected chi connectivity index (χ1v) is 12.4. The van der Waals surface area contributed by atoms with Gasteiger partial charge in [0.2, 0.25) is 10.0 Å². The van der Waals surface area contributed by atoms with Crippen LogP contribution in [0.15, 0.2) is 59.8 Å². The summed E-state index contributed by atoms with van der Waals surface area (Å²) < 4.78 is 30.5. The lowest BCUT2D eigenvalue weighted by Gasteiger charge is -2.30. The van der Waals surface area contributed by atoms with Crippen LogP contribution in [-0.4, -0.2) is 42.4 Å². The molecule has 2 aliphatic rings. The van der Waals surface area contributed by atoms with Gasteiger partial charge in [-0.15, -0.1) is 0 Å². The monoisotopic (exact) mass is 436 g/mol. The van der Waals surface area contributed by atoms with Crippen LogP contribution in [0, 0.1) is 0 Å². The van der Waals surface area contributed by atoms with Crippen LogP contribution in [0.2, 0.25) is 0 Å². The summed E-state index contributed by atoms with van der Waals surface area (Å²) in [6.45, 7) is 2.64. The molecular formula is C24H28N4O2S. The van der Waals surface area contributed by atoms with Crippen LogP contribution < -0.4 is 4.90 Å². The van der Waals surface area contributed by atoms with Gasteiger partial charge in [0.15, 0.2) is 0 Å². The minimum atomic E-state index is -3.55. The number of hydrogen-bond acceptors (Lipinski definition) is 4. The Balaban J connectivity index is 1.34. The Morgan fingerprint density at radius 2 is 1.87 bits per heavy atom. The van der Waals surface area contributed by atoms with E-state index >= 15 is 0 Å². The molecule has 0 saturated heterocycles. The van der Waals surface area contributed by atoms with Crippen LogP contribution in [0.25, 0.3) is 0 Å². The summed E-state index contributed by atoms with van der Waals surface area (Å²) in [6.07, 6.45) is 5.60. The minimum absolute atomic E-state index is 0.336. The van der Waals surface area contributed by atoms with E-state index in [1.807, 2.05) is 31.6 Å². The highest BCUT2D eigenvalue weighted by Crippen LogP contribution is 2.31. The van der Waals surface area contributed by atoms with Crippen molar-refractivity contribution >= 4 is 15.7 Å². The molecule has 0 bridgehead atoms. The fourth-order valence-corrected chi connectivity index (χ4v) is 6.11. The summed E-state index contributed by atoms with van der Waals surface area (Å²) in [7, 11) is -1.52. The van der Waals surface area contributed by atoms with Gasteiger partial charge in [-0.3, -0.25) is 0 Å². The predicted octanol–water partition coefficient (Wildman–Crippen LogP) is 3.26. The van der Waals surface area contributed by atoms with Crippen molar-refractivity contribution in [3.63, 3.8) is 0 Å². The zero-order chi connectivity index (χ0) is 21.4. The molecule has 0 unspecified atom stereocenters. The number of anilines is 1. The predicted molar refractivity (Wildman–Crippen MR) is 122 cm³/mol.